The molecule has 1 aromatic rings. The molecule has 2 saturated heterocycles. The van der Waals surface area contributed by atoms with Gasteiger partial charge in [-0.25, -0.2) is 0 Å². The maximum Gasteiger partial charge on any atom is 0.0717 e. The van der Waals surface area contributed by atoms with Crippen molar-refractivity contribution in [2.24, 2.45) is 0 Å². The summed E-state index contributed by atoms with van der Waals surface area (Å²) in [6.45, 7) is 3.26. The minimum absolute atomic E-state index is 0.241. The van der Waals surface area contributed by atoms with Gasteiger partial charge in [0.25, 0.3) is 0 Å². The van der Waals surface area contributed by atoms with Crippen molar-refractivity contribution in [3.05, 3.63) is 30.3 Å². The second-order valence-corrected chi connectivity index (χ2v) is 4.96. The first-order valence-electron chi connectivity index (χ1n) is 6.32. The topological polar surface area (TPSA) is 12.5 Å². The summed E-state index contributed by atoms with van der Waals surface area (Å²) in [5.74, 6) is 0. The highest BCUT2D eigenvalue weighted by molar-refractivity contribution is 5.46. The molecule has 0 bridgehead atoms. The molecule has 0 saturated carbocycles. The summed E-state index contributed by atoms with van der Waals surface area (Å²) in [6, 6.07) is 10.7. The van der Waals surface area contributed by atoms with E-state index in [-0.39, 0.29) is 5.60 Å². The zero-order chi connectivity index (χ0) is 10.8. The van der Waals surface area contributed by atoms with Crippen LogP contribution in [0.25, 0.3) is 0 Å². The van der Waals surface area contributed by atoms with Gasteiger partial charge in [-0.05, 0) is 37.8 Å². The summed E-state index contributed by atoms with van der Waals surface area (Å²) >= 11 is 0. The van der Waals surface area contributed by atoms with E-state index in [0.717, 1.165) is 19.7 Å². The quantitative estimate of drug-likeness (QED) is 0.717. The van der Waals surface area contributed by atoms with Crippen LogP contribution in [0.1, 0.15) is 25.7 Å². The van der Waals surface area contributed by atoms with Gasteiger partial charge < -0.3 is 9.64 Å². The Morgan fingerprint density at radius 3 is 2.38 bits per heavy atom. The summed E-state index contributed by atoms with van der Waals surface area (Å²) in [5.41, 5.74) is 1.60. The molecule has 1 aromatic carbocycles. The fourth-order valence-electron chi connectivity index (χ4n) is 2.96. The highest BCUT2D eigenvalue weighted by Crippen LogP contribution is 2.36. The fraction of sp³-hybridized carbons (Fsp3) is 0.571. The Bertz CT molecular complexity index is 333. The number of piperidine rings is 1. The van der Waals surface area contributed by atoms with Crippen molar-refractivity contribution in [2.75, 3.05) is 24.6 Å². The van der Waals surface area contributed by atoms with Crippen LogP contribution in [-0.4, -0.2) is 25.3 Å². The van der Waals surface area contributed by atoms with Crippen molar-refractivity contribution in [1.29, 1.82) is 0 Å². The van der Waals surface area contributed by atoms with Crippen LogP contribution < -0.4 is 4.90 Å². The van der Waals surface area contributed by atoms with Gasteiger partial charge in [-0.2, -0.15) is 0 Å². The standard InChI is InChI=1S/C14H19NO/c1-2-5-13(6-3-1)15-10-8-14(9-11-15)7-4-12-16-14/h1-3,5-6H,4,7-12H2. The lowest BCUT2D eigenvalue weighted by atomic mass is 9.88. The number of ether oxygens (including phenoxy) is 1. The van der Waals surface area contributed by atoms with Gasteiger partial charge in [-0.3, -0.25) is 0 Å². The minimum atomic E-state index is 0.241. The Labute approximate surface area is 97.2 Å². The van der Waals surface area contributed by atoms with Gasteiger partial charge in [0.2, 0.25) is 0 Å². The normalized spacial score (nSPS) is 23.9. The third-order valence-corrected chi connectivity index (χ3v) is 3.98. The number of para-hydroxylation sites is 1. The smallest absolute Gasteiger partial charge is 0.0717 e. The van der Waals surface area contributed by atoms with E-state index in [9.17, 15) is 0 Å². The van der Waals surface area contributed by atoms with E-state index in [1.54, 1.807) is 0 Å². The molecule has 3 rings (SSSR count). The summed E-state index contributed by atoms with van der Waals surface area (Å²) in [5, 5.41) is 0. The second kappa shape index (κ2) is 4.10. The van der Waals surface area contributed by atoms with Crippen LogP contribution in [0.5, 0.6) is 0 Å². The number of benzene rings is 1. The molecule has 0 unspecified atom stereocenters. The van der Waals surface area contributed by atoms with E-state index in [2.05, 4.69) is 35.2 Å². The zero-order valence-electron chi connectivity index (χ0n) is 9.69. The molecule has 0 aliphatic carbocycles. The molecule has 0 N–H and O–H groups in total. The molecule has 2 aliphatic heterocycles. The van der Waals surface area contributed by atoms with Gasteiger partial charge in [-0.1, -0.05) is 18.2 Å². The molecule has 0 amide bonds. The van der Waals surface area contributed by atoms with Crippen molar-refractivity contribution in [3.8, 4) is 0 Å². The number of nitrogens with zero attached hydrogens (tertiary/aromatic N) is 1. The first-order valence-corrected chi connectivity index (χ1v) is 6.32. The van der Waals surface area contributed by atoms with Crippen LogP contribution in [-0.2, 0) is 4.74 Å². The molecule has 2 heteroatoms. The van der Waals surface area contributed by atoms with Crippen LogP contribution in [0.4, 0.5) is 5.69 Å². The van der Waals surface area contributed by atoms with E-state index in [0.29, 0.717) is 0 Å². The number of hydrogen-bond acceptors (Lipinski definition) is 2. The van der Waals surface area contributed by atoms with Crippen molar-refractivity contribution in [1.82, 2.24) is 0 Å². The zero-order valence-corrected chi connectivity index (χ0v) is 9.69. The second-order valence-electron chi connectivity index (χ2n) is 4.96. The average Bonchev–Trinajstić information content (AvgIpc) is 2.80. The molecule has 2 fully saturated rings. The van der Waals surface area contributed by atoms with Crippen LogP contribution in [0, 0.1) is 0 Å². The monoisotopic (exact) mass is 217 g/mol. The Morgan fingerprint density at radius 1 is 1.00 bits per heavy atom. The molecule has 2 heterocycles. The minimum Gasteiger partial charge on any atom is -0.375 e. The molecular formula is C14H19NO. The Balaban J connectivity index is 1.66. The van der Waals surface area contributed by atoms with Crippen molar-refractivity contribution >= 4 is 5.69 Å². The van der Waals surface area contributed by atoms with Gasteiger partial charge >= 0.3 is 0 Å². The van der Waals surface area contributed by atoms with E-state index in [1.165, 1.54) is 31.4 Å². The van der Waals surface area contributed by atoms with E-state index in [1.807, 2.05) is 0 Å². The summed E-state index contributed by atoms with van der Waals surface area (Å²) in [7, 11) is 0. The fourth-order valence-corrected chi connectivity index (χ4v) is 2.96. The van der Waals surface area contributed by atoms with Crippen LogP contribution in [0.2, 0.25) is 0 Å². The van der Waals surface area contributed by atoms with E-state index in [4.69, 9.17) is 4.74 Å². The van der Waals surface area contributed by atoms with E-state index >= 15 is 0 Å². The van der Waals surface area contributed by atoms with Crippen LogP contribution >= 0.6 is 0 Å². The molecule has 16 heavy (non-hydrogen) atoms. The molecule has 0 atom stereocenters. The SMILES string of the molecule is c1ccc(N2CCC3(CCCO3)CC2)cc1. The summed E-state index contributed by atoms with van der Waals surface area (Å²) in [6.07, 6.45) is 4.92. The molecule has 86 valence electrons. The lowest BCUT2D eigenvalue weighted by molar-refractivity contribution is -0.0146. The average molecular weight is 217 g/mol. The maximum atomic E-state index is 5.94. The molecule has 2 nitrogen and oxygen atoms in total. The Kier molecular flexibility index (Phi) is 2.60. The van der Waals surface area contributed by atoms with E-state index < -0.39 is 0 Å². The van der Waals surface area contributed by atoms with Crippen LogP contribution in [0.15, 0.2) is 30.3 Å². The Hall–Kier alpha value is -1.02. The van der Waals surface area contributed by atoms with Gasteiger partial charge in [0.05, 0.1) is 5.60 Å². The molecule has 0 aromatic heterocycles. The van der Waals surface area contributed by atoms with Gasteiger partial charge in [0, 0.05) is 25.4 Å². The largest absolute Gasteiger partial charge is 0.375 e. The van der Waals surface area contributed by atoms with Crippen molar-refractivity contribution < 1.29 is 4.74 Å². The Morgan fingerprint density at radius 2 is 1.75 bits per heavy atom. The predicted octanol–water partition coefficient (Wildman–Crippen LogP) is 2.84. The number of hydrogen-bond donors (Lipinski definition) is 0. The maximum absolute atomic E-state index is 5.94. The number of rotatable bonds is 1. The summed E-state index contributed by atoms with van der Waals surface area (Å²) < 4.78 is 5.94. The lowest BCUT2D eigenvalue weighted by Crippen LogP contribution is -2.44. The first-order chi connectivity index (χ1) is 7.88. The van der Waals surface area contributed by atoms with Gasteiger partial charge in [-0.15, -0.1) is 0 Å². The molecule has 0 radical (unpaired) electrons. The number of anilines is 1. The first kappa shape index (κ1) is 10.2. The van der Waals surface area contributed by atoms with Crippen LogP contribution in [0.3, 0.4) is 0 Å². The highest BCUT2D eigenvalue weighted by atomic mass is 16.5. The third-order valence-electron chi connectivity index (χ3n) is 3.98. The predicted molar refractivity (Wildman–Crippen MR) is 65.8 cm³/mol. The van der Waals surface area contributed by atoms with Gasteiger partial charge in [0.1, 0.15) is 0 Å². The molecule has 2 aliphatic rings. The van der Waals surface area contributed by atoms with Crippen molar-refractivity contribution in [2.45, 2.75) is 31.3 Å². The lowest BCUT2D eigenvalue weighted by Gasteiger charge is -2.39. The highest BCUT2D eigenvalue weighted by Gasteiger charge is 2.38. The third kappa shape index (κ3) is 1.82. The molecular weight excluding hydrogens is 198 g/mol. The summed E-state index contributed by atoms with van der Waals surface area (Å²) in [4.78, 5) is 2.48. The van der Waals surface area contributed by atoms with Crippen molar-refractivity contribution in [3.63, 3.8) is 0 Å². The van der Waals surface area contributed by atoms with Gasteiger partial charge in [0.15, 0.2) is 0 Å². The molecule has 1 spiro atoms.